The Kier molecular flexibility index (Phi) is 8.13. The lowest BCUT2D eigenvalue weighted by atomic mass is 9.89. The number of fused-ring (bicyclic) bond motifs is 1. The zero-order chi connectivity index (χ0) is 20.0. The number of hydrogen-bond acceptors (Lipinski definition) is 3. The second-order valence-electron chi connectivity index (χ2n) is 8.38. The molecule has 3 N–H and O–H groups in total. The number of hydrogen-bond donors (Lipinski definition) is 3. The average Bonchev–Trinajstić information content (AvgIpc) is 3.13. The van der Waals surface area contributed by atoms with Gasteiger partial charge in [0, 0.05) is 12.3 Å². The molecule has 2 fully saturated rings. The third-order valence-corrected chi connectivity index (χ3v) is 6.28. The van der Waals surface area contributed by atoms with Gasteiger partial charge in [-0.15, -0.1) is 11.8 Å². The molecule has 0 aliphatic heterocycles. The van der Waals surface area contributed by atoms with Crippen LogP contribution in [0.15, 0.2) is 23.8 Å². The van der Waals surface area contributed by atoms with Crippen molar-refractivity contribution >= 4 is 5.97 Å². The summed E-state index contributed by atoms with van der Waals surface area (Å²) < 4.78 is 0. The molecule has 0 bridgehead atoms. The van der Waals surface area contributed by atoms with Gasteiger partial charge in [-0.25, -0.2) is 0 Å². The van der Waals surface area contributed by atoms with Gasteiger partial charge < -0.3 is 15.3 Å². The average molecular weight is 375 g/mol. The van der Waals surface area contributed by atoms with E-state index in [1.54, 1.807) is 13.8 Å². The lowest BCUT2D eigenvalue weighted by Crippen LogP contribution is -2.19. The molecular formula is C23H34O4. The van der Waals surface area contributed by atoms with Gasteiger partial charge in [-0.2, -0.15) is 0 Å². The largest absolute Gasteiger partial charge is 0.481 e. The number of aliphatic carboxylic acids is 1. The van der Waals surface area contributed by atoms with Crippen LogP contribution in [0.5, 0.6) is 0 Å². The van der Waals surface area contributed by atoms with E-state index in [4.69, 9.17) is 5.11 Å². The van der Waals surface area contributed by atoms with Crippen molar-refractivity contribution in [3.05, 3.63) is 23.8 Å². The Hall–Kier alpha value is -1.57. The van der Waals surface area contributed by atoms with Crippen LogP contribution >= 0.6 is 0 Å². The van der Waals surface area contributed by atoms with Crippen molar-refractivity contribution in [3.8, 4) is 11.8 Å². The van der Waals surface area contributed by atoms with E-state index in [1.165, 1.54) is 5.57 Å². The first-order valence-electron chi connectivity index (χ1n) is 10.2. The predicted molar refractivity (Wildman–Crippen MR) is 107 cm³/mol. The van der Waals surface area contributed by atoms with Crippen LogP contribution in [0.2, 0.25) is 0 Å². The second kappa shape index (κ2) is 10.1. The van der Waals surface area contributed by atoms with E-state index in [2.05, 4.69) is 17.9 Å². The molecule has 0 aromatic rings. The van der Waals surface area contributed by atoms with Gasteiger partial charge in [0.25, 0.3) is 0 Å². The zero-order valence-electron chi connectivity index (χ0n) is 16.8. The molecule has 7 atom stereocenters. The van der Waals surface area contributed by atoms with E-state index in [0.717, 1.165) is 25.7 Å². The van der Waals surface area contributed by atoms with Crippen LogP contribution in [-0.2, 0) is 4.79 Å². The molecule has 0 spiro atoms. The Balaban J connectivity index is 1.91. The Morgan fingerprint density at radius 3 is 2.74 bits per heavy atom. The summed E-state index contributed by atoms with van der Waals surface area (Å²) >= 11 is 0. The fourth-order valence-corrected chi connectivity index (χ4v) is 4.42. The first-order chi connectivity index (χ1) is 12.8. The lowest BCUT2D eigenvalue weighted by molar-refractivity contribution is -0.141. The molecule has 0 radical (unpaired) electrons. The molecule has 2 saturated carbocycles. The smallest absolute Gasteiger partial charge is 0.306 e. The van der Waals surface area contributed by atoms with E-state index in [9.17, 15) is 15.0 Å². The minimum atomic E-state index is -0.734. The summed E-state index contributed by atoms with van der Waals surface area (Å²) in [4.78, 5) is 10.9. The van der Waals surface area contributed by atoms with Crippen molar-refractivity contribution in [3.63, 3.8) is 0 Å². The van der Waals surface area contributed by atoms with Gasteiger partial charge in [0.2, 0.25) is 0 Å². The Morgan fingerprint density at radius 1 is 1.33 bits per heavy atom. The SMILES string of the molecule is CC#CC[C@H](C)[C@H](O)/C=C/[C@@H]1[C@H]2C/C(=C/CCC(C)C(=O)O)C[C@H]2C[C@H]1O. The summed E-state index contributed by atoms with van der Waals surface area (Å²) in [6.45, 7) is 5.54. The number of carbonyl (C=O) groups is 1. The van der Waals surface area contributed by atoms with Crippen molar-refractivity contribution in [2.75, 3.05) is 0 Å². The van der Waals surface area contributed by atoms with Crippen molar-refractivity contribution in [2.24, 2.45) is 29.6 Å². The van der Waals surface area contributed by atoms with E-state index in [-0.39, 0.29) is 23.9 Å². The number of carboxylic acid groups (broad SMARTS) is 1. The molecular weight excluding hydrogens is 340 g/mol. The van der Waals surface area contributed by atoms with Crippen LogP contribution in [0.25, 0.3) is 0 Å². The van der Waals surface area contributed by atoms with E-state index < -0.39 is 12.1 Å². The molecule has 0 amide bonds. The number of aliphatic hydroxyl groups is 2. The van der Waals surface area contributed by atoms with Crippen LogP contribution in [0.3, 0.4) is 0 Å². The molecule has 0 heterocycles. The first kappa shape index (κ1) is 21.7. The predicted octanol–water partition coefficient (Wildman–Crippen LogP) is 3.79. The molecule has 0 aromatic heterocycles. The van der Waals surface area contributed by atoms with Crippen molar-refractivity contribution in [1.82, 2.24) is 0 Å². The number of rotatable bonds is 8. The van der Waals surface area contributed by atoms with E-state index in [0.29, 0.717) is 24.7 Å². The molecule has 0 aromatic carbocycles. The summed E-state index contributed by atoms with van der Waals surface area (Å²) in [5.74, 6) is 5.93. The van der Waals surface area contributed by atoms with Gasteiger partial charge in [-0.05, 0) is 56.8 Å². The van der Waals surface area contributed by atoms with Gasteiger partial charge in [0.05, 0.1) is 18.1 Å². The van der Waals surface area contributed by atoms with Crippen molar-refractivity contribution < 1.29 is 20.1 Å². The van der Waals surface area contributed by atoms with Crippen LogP contribution in [0.1, 0.15) is 59.3 Å². The molecule has 150 valence electrons. The summed E-state index contributed by atoms with van der Waals surface area (Å²) in [6, 6.07) is 0. The summed E-state index contributed by atoms with van der Waals surface area (Å²) in [7, 11) is 0. The van der Waals surface area contributed by atoms with E-state index in [1.807, 2.05) is 19.1 Å². The summed E-state index contributed by atoms with van der Waals surface area (Å²) in [6.07, 6.45) is 10.2. The highest BCUT2D eigenvalue weighted by Crippen LogP contribution is 2.50. The van der Waals surface area contributed by atoms with Gasteiger partial charge in [0.1, 0.15) is 0 Å². The Labute approximate surface area is 163 Å². The highest BCUT2D eigenvalue weighted by atomic mass is 16.4. The summed E-state index contributed by atoms with van der Waals surface area (Å²) in [5.41, 5.74) is 1.40. The number of aliphatic hydroxyl groups excluding tert-OH is 2. The third kappa shape index (κ3) is 5.96. The molecule has 2 rings (SSSR count). The van der Waals surface area contributed by atoms with Crippen LogP contribution in [0.4, 0.5) is 0 Å². The molecule has 4 nitrogen and oxygen atoms in total. The monoisotopic (exact) mass is 374 g/mol. The first-order valence-corrected chi connectivity index (χ1v) is 10.2. The van der Waals surface area contributed by atoms with E-state index >= 15 is 0 Å². The highest BCUT2D eigenvalue weighted by molar-refractivity contribution is 5.69. The second-order valence-corrected chi connectivity index (χ2v) is 8.38. The van der Waals surface area contributed by atoms with Gasteiger partial charge >= 0.3 is 5.97 Å². The topological polar surface area (TPSA) is 77.8 Å². The van der Waals surface area contributed by atoms with Gasteiger partial charge in [-0.3, -0.25) is 4.79 Å². The molecule has 27 heavy (non-hydrogen) atoms. The minimum Gasteiger partial charge on any atom is -0.481 e. The molecule has 0 saturated heterocycles. The fraction of sp³-hybridized carbons (Fsp3) is 0.696. The lowest BCUT2D eigenvalue weighted by Gasteiger charge is -2.19. The Bertz CT molecular complexity index is 624. The molecule has 2 aliphatic rings. The van der Waals surface area contributed by atoms with Crippen molar-refractivity contribution in [2.45, 2.75) is 71.5 Å². The van der Waals surface area contributed by atoms with Crippen molar-refractivity contribution in [1.29, 1.82) is 0 Å². The third-order valence-electron chi connectivity index (χ3n) is 6.28. The molecule has 1 unspecified atom stereocenters. The normalized spacial score (nSPS) is 32.1. The Morgan fingerprint density at radius 2 is 2.07 bits per heavy atom. The maximum absolute atomic E-state index is 10.9. The molecule has 4 heteroatoms. The van der Waals surface area contributed by atoms with Gasteiger partial charge in [0.15, 0.2) is 0 Å². The number of carboxylic acids is 1. The minimum absolute atomic E-state index is 0.0818. The maximum Gasteiger partial charge on any atom is 0.306 e. The zero-order valence-corrected chi connectivity index (χ0v) is 16.8. The maximum atomic E-state index is 10.9. The highest BCUT2D eigenvalue weighted by Gasteiger charge is 2.44. The van der Waals surface area contributed by atoms with Gasteiger partial charge in [-0.1, -0.05) is 37.6 Å². The molecule has 2 aliphatic carbocycles. The number of allylic oxidation sites excluding steroid dienone is 2. The van der Waals surface area contributed by atoms with Crippen LogP contribution < -0.4 is 0 Å². The van der Waals surface area contributed by atoms with Crippen LogP contribution in [-0.4, -0.2) is 33.5 Å². The van der Waals surface area contributed by atoms with Crippen LogP contribution in [0, 0.1) is 41.4 Å². The quantitative estimate of drug-likeness (QED) is 0.446. The summed E-state index contributed by atoms with van der Waals surface area (Å²) in [5, 5.41) is 29.7. The fourth-order valence-electron chi connectivity index (χ4n) is 4.42. The standard InChI is InChI=1S/C23H34O4/c1-4-5-7-15(2)21(24)11-10-19-20-13-17(12-18(20)14-22(19)25)9-6-8-16(3)23(26)27/h9-11,15-16,18-22,24-25H,6-8,12-14H2,1-3H3,(H,26,27)/b11-10+,17-9+/t15-,16?,18-,19+,20-,21+,22+/m0/s1.